The second kappa shape index (κ2) is 6.04. The molecule has 2 heterocycles. The van der Waals surface area contributed by atoms with Gasteiger partial charge in [0.25, 0.3) is 10.0 Å². The van der Waals surface area contributed by atoms with E-state index < -0.39 is 10.0 Å². The average molecular weight is 346 g/mol. The molecule has 2 aromatic heterocycles. The molecule has 3 rings (SSSR count). The van der Waals surface area contributed by atoms with Crippen molar-refractivity contribution in [3.8, 4) is 5.69 Å². The van der Waals surface area contributed by atoms with Crippen LogP contribution in [0.4, 0.5) is 10.1 Å². The Morgan fingerprint density at radius 1 is 1.12 bits per heavy atom. The number of sulfonamides is 1. The Balaban J connectivity index is 2.04. The lowest BCUT2D eigenvalue weighted by Gasteiger charge is -2.08. The number of anilines is 1. The molecule has 0 unspecified atom stereocenters. The Morgan fingerprint density at radius 2 is 1.83 bits per heavy atom. The smallest absolute Gasteiger partial charge is 0.265 e. The van der Waals surface area contributed by atoms with Gasteiger partial charge >= 0.3 is 0 Å². The third kappa shape index (κ3) is 3.00. The molecule has 1 aromatic carbocycles. The molecule has 8 heteroatoms. The van der Waals surface area contributed by atoms with Gasteiger partial charge in [-0.05, 0) is 50.2 Å². The predicted molar refractivity (Wildman–Crippen MR) is 88.0 cm³/mol. The number of halogens is 1. The second-order valence-electron chi connectivity index (χ2n) is 5.24. The maximum atomic E-state index is 13.1. The molecule has 1 N–H and O–H groups in total. The van der Waals surface area contributed by atoms with Crippen molar-refractivity contribution in [2.24, 2.45) is 0 Å². The first-order valence-corrected chi connectivity index (χ1v) is 8.62. The van der Waals surface area contributed by atoms with E-state index in [1.807, 2.05) is 0 Å². The molecule has 0 atom stereocenters. The summed E-state index contributed by atoms with van der Waals surface area (Å²) < 4.78 is 42.4. The minimum atomic E-state index is -3.82. The first-order chi connectivity index (χ1) is 11.4. The van der Waals surface area contributed by atoms with Crippen LogP contribution in [0.1, 0.15) is 11.4 Å². The molecule has 0 radical (unpaired) electrons. The number of benzene rings is 1. The topological polar surface area (TPSA) is 76.9 Å². The van der Waals surface area contributed by atoms with E-state index in [0.29, 0.717) is 22.8 Å². The third-order valence-corrected chi connectivity index (χ3v) is 5.11. The lowest BCUT2D eigenvalue weighted by molar-refractivity contribution is 0.600. The summed E-state index contributed by atoms with van der Waals surface area (Å²) in [6.45, 7) is 3.27. The van der Waals surface area contributed by atoms with E-state index >= 15 is 0 Å². The monoisotopic (exact) mass is 346 g/mol. The summed E-state index contributed by atoms with van der Waals surface area (Å²) in [5.74, 6) is -0.369. The van der Waals surface area contributed by atoms with Crippen molar-refractivity contribution in [2.75, 3.05) is 4.72 Å². The maximum Gasteiger partial charge on any atom is 0.265 e. The van der Waals surface area contributed by atoms with Gasteiger partial charge in [0.1, 0.15) is 10.7 Å². The average Bonchev–Trinajstić information content (AvgIpc) is 2.84. The van der Waals surface area contributed by atoms with Gasteiger partial charge in [-0.3, -0.25) is 9.71 Å². The third-order valence-electron chi connectivity index (χ3n) is 3.48. The number of nitrogens with one attached hydrogen (secondary N) is 1. The highest BCUT2D eigenvalue weighted by molar-refractivity contribution is 7.92. The molecular formula is C16H15FN4O2S. The van der Waals surface area contributed by atoms with E-state index in [2.05, 4.69) is 14.8 Å². The predicted octanol–water partition coefficient (Wildman–Crippen LogP) is 2.82. The van der Waals surface area contributed by atoms with Crippen molar-refractivity contribution >= 4 is 15.7 Å². The van der Waals surface area contributed by atoms with Crippen LogP contribution < -0.4 is 4.72 Å². The van der Waals surface area contributed by atoms with Gasteiger partial charge in [-0.25, -0.2) is 17.5 Å². The minimum Gasteiger partial charge on any atom is -0.278 e. The van der Waals surface area contributed by atoms with Gasteiger partial charge in [0.15, 0.2) is 0 Å². The van der Waals surface area contributed by atoms with Crippen LogP contribution in [0.15, 0.2) is 53.7 Å². The largest absolute Gasteiger partial charge is 0.278 e. The van der Waals surface area contributed by atoms with E-state index in [1.165, 1.54) is 23.0 Å². The van der Waals surface area contributed by atoms with Gasteiger partial charge < -0.3 is 0 Å². The van der Waals surface area contributed by atoms with Crippen LogP contribution in [0.5, 0.6) is 0 Å². The molecule has 0 aliphatic rings. The first kappa shape index (κ1) is 16.1. The van der Waals surface area contributed by atoms with Gasteiger partial charge in [-0.2, -0.15) is 5.10 Å². The molecule has 124 valence electrons. The molecule has 3 aromatic rings. The number of hydrogen-bond donors (Lipinski definition) is 1. The zero-order chi connectivity index (χ0) is 17.3. The number of aryl methyl sites for hydroxylation is 1. The number of aromatic nitrogens is 3. The zero-order valence-corrected chi connectivity index (χ0v) is 13.9. The molecule has 24 heavy (non-hydrogen) atoms. The zero-order valence-electron chi connectivity index (χ0n) is 13.1. The fourth-order valence-corrected chi connectivity index (χ4v) is 3.92. The van der Waals surface area contributed by atoms with Crippen LogP contribution in [-0.2, 0) is 10.0 Å². The Hall–Kier alpha value is -2.74. The highest BCUT2D eigenvalue weighted by Crippen LogP contribution is 2.24. The van der Waals surface area contributed by atoms with E-state index in [4.69, 9.17) is 0 Å². The fourth-order valence-electron chi connectivity index (χ4n) is 2.48. The van der Waals surface area contributed by atoms with Crippen LogP contribution in [0.3, 0.4) is 0 Å². The molecule has 0 fully saturated rings. The van der Waals surface area contributed by atoms with Crippen molar-refractivity contribution in [3.05, 3.63) is 66.0 Å². The van der Waals surface area contributed by atoms with Crippen molar-refractivity contribution in [3.63, 3.8) is 0 Å². The Labute approximate surface area is 139 Å². The molecule has 0 saturated heterocycles. The summed E-state index contributed by atoms with van der Waals surface area (Å²) in [6.07, 6.45) is 2.98. The van der Waals surface area contributed by atoms with Crippen molar-refractivity contribution < 1.29 is 12.8 Å². The number of hydrogen-bond acceptors (Lipinski definition) is 4. The van der Waals surface area contributed by atoms with Gasteiger partial charge in [-0.1, -0.05) is 0 Å². The van der Waals surface area contributed by atoms with E-state index in [1.54, 1.807) is 44.3 Å². The molecule has 0 saturated carbocycles. The highest BCUT2D eigenvalue weighted by Gasteiger charge is 2.25. The standard InChI is InChI=1S/C16H15FN4O2S/c1-11-16(24(22,23)20-14-4-3-9-18-10-14)12(2)21(19-11)15-7-5-13(17)6-8-15/h3-10,20H,1-2H3. The highest BCUT2D eigenvalue weighted by atomic mass is 32.2. The van der Waals surface area contributed by atoms with Crippen molar-refractivity contribution in [1.82, 2.24) is 14.8 Å². The molecule has 0 aliphatic heterocycles. The summed E-state index contributed by atoms with van der Waals surface area (Å²) in [6, 6.07) is 8.93. The van der Waals surface area contributed by atoms with Crippen LogP contribution in [0, 0.1) is 19.7 Å². The Kier molecular flexibility index (Phi) is 4.06. The van der Waals surface area contributed by atoms with E-state index in [-0.39, 0.29) is 10.7 Å². The number of rotatable bonds is 4. The Bertz CT molecular complexity index is 967. The van der Waals surface area contributed by atoms with Gasteiger partial charge in [0, 0.05) is 6.20 Å². The lowest BCUT2D eigenvalue weighted by Crippen LogP contribution is -2.15. The maximum absolute atomic E-state index is 13.1. The van der Waals surface area contributed by atoms with Crippen LogP contribution >= 0.6 is 0 Å². The molecule has 0 aliphatic carbocycles. The molecule has 0 spiro atoms. The normalized spacial score (nSPS) is 11.5. The summed E-state index contributed by atoms with van der Waals surface area (Å²) in [7, 11) is -3.82. The SMILES string of the molecule is Cc1nn(-c2ccc(F)cc2)c(C)c1S(=O)(=O)Nc1cccnc1. The fraction of sp³-hybridized carbons (Fsp3) is 0.125. The van der Waals surface area contributed by atoms with Gasteiger partial charge in [-0.15, -0.1) is 0 Å². The first-order valence-electron chi connectivity index (χ1n) is 7.13. The minimum absolute atomic E-state index is 0.0932. The molecular weight excluding hydrogens is 331 g/mol. The van der Waals surface area contributed by atoms with Crippen LogP contribution in [-0.4, -0.2) is 23.2 Å². The second-order valence-corrected chi connectivity index (χ2v) is 6.85. The Morgan fingerprint density at radius 3 is 2.46 bits per heavy atom. The van der Waals surface area contributed by atoms with Crippen molar-refractivity contribution in [2.45, 2.75) is 18.7 Å². The van der Waals surface area contributed by atoms with Crippen LogP contribution in [0.2, 0.25) is 0 Å². The van der Waals surface area contributed by atoms with E-state index in [0.717, 1.165) is 0 Å². The van der Waals surface area contributed by atoms with Gasteiger partial charge in [0.05, 0.1) is 29.0 Å². The summed E-state index contributed by atoms with van der Waals surface area (Å²) >= 11 is 0. The number of pyridine rings is 1. The van der Waals surface area contributed by atoms with Crippen molar-refractivity contribution in [1.29, 1.82) is 0 Å². The molecule has 6 nitrogen and oxygen atoms in total. The van der Waals surface area contributed by atoms with Crippen LogP contribution in [0.25, 0.3) is 5.69 Å². The summed E-state index contributed by atoms with van der Waals surface area (Å²) in [4.78, 5) is 3.98. The summed E-state index contributed by atoms with van der Waals surface area (Å²) in [5.41, 5.74) is 1.74. The lowest BCUT2D eigenvalue weighted by atomic mass is 10.3. The number of nitrogens with zero attached hydrogens (tertiary/aromatic N) is 3. The quantitative estimate of drug-likeness (QED) is 0.788. The van der Waals surface area contributed by atoms with E-state index in [9.17, 15) is 12.8 Å². The molecule has 0 amide bonds. The van der Waals surface area contributed by atoms with Gasteiger partial charge in [0.2, 0.25) is 0 Å². The summed E-state index contributed by atoms with van der Waals surface area (Å²) in [5, 5.41) is 4.28. The molecule has 0 bridgehead atoms.